The van der Waals surface area contributed by atoms with Gasteiger partial charge in [-0.2, -0.15) is 18.3 Å². The Hall–Kier alpha value is -3.92. The van der Waals surface area contributed by atoms with E-state index in [0.29, 0.717) is 16.4 Å². The molecule has 0 spiro atoms. The Labute approximate surface area is 183 Å². The predicted octanol–water partition coefficient (Wildman–Crippen LogP) is 5.75. The largest absolute Gasteiger partial charge is 0.416 e. The Morgan fingerprint density at radius 1 is 1.09 bits per heavy atom. The van der Waals surface area contributed by atoms with Crippen LogP contribution in [0.25, 0.3) is 27.7 Å². The zero-order chi connectivity index (χ0) is 22.3. The molecule has 1 amide bonds. The van der Waals surface area contributed by atoms with Crippen LogP contribution in [0.2, 0.25) is 0 Å². The van der Waals surface area contributed by atoms with Gasteiger partial charge in [-0.25, -0.2) is 9.67 Å². The lowest BCUT2D eigenvalue weighted by atomic mass is 10.1. The molecule has 6 nitrogen and oxygen atoms in total. The molecular formula is C22H14F3N5OS. The van der Waals surface area contributed by atoms with E-state index in [0.717, 1.165) is 34.2 Å². The molecular weight excluding hydrogens is 439 g/mol. The lowest BCUT2D eigenvalue weighted by molar-refractivity contribution is -0.137. The number of hydrogen-bond donors (Lipinski definition) is 2. The minimum atomic E-state index is -4.38. The molecule has 3 heterocycles. The smallest absolute Gasteiger partial charge is 0.359 e. The number of halogens is 3. The van der Waals surface area contributed by atoms with Crippen LogP contribution in [0.3, 0.4) is 0 Å². The van der Waals surface area contributed by atoms with E-state index in [1.165, 1.54) is 28.2 Å². The lowest BCUT2D eigenvalue weighted by Crippen LogP contribution is -2.10. The van der Waals surface area contributed by atoms with Gasteiger partial charge in [-0.3, -0.25) is 4.79 Å². The summed E-state index contributed by atoms with van der Waals surface area (Å²) in [6, 6.07) is 10.5. The molecule has 0 aliphatic carbocycles. The average molecular weight is 453 g/mol. The van der Waals surface area contributed by atoms with Crippen LogP contribution in [0.15, 0.2) is 72.6 Å². The number of aromatic nitrogens is 4. The highest BCUT2D eigenvalue weighted by Gasteiger charge is 2.30. The number of anilines is 1. The summed E-state index contributed by atoms with van der Waals surface area (Å²) in [6.45, 7) is 0. The number of H-pyrrole nitrogens is 1. The molecule has 0 aliphatic heterocycles. The number of aromatic amines is 1. The maximum absolute atomic E-state index is 12.8. The quantitative estimate of drug-likeness (QED) is 0.364. The number of thiazole rings is 1. The monoisotopic (exact) mass is 453 g/mol. The summed E-state index contributed by atoms with van der Waals surface area (Å²) in [5, 5.41) is 10.1. The Kier molecular flexibility index (Phi) is 4.78. The number of alkyl halides is 3. The summed E-state index contributed by atoms with van der Waals surface area (Å²) >= 11 is 1.25. The van der Waals surface area contributed by atoms with Gasteiger partial charge in [-0.15, -0.1) is 11.3 Å². The molecule has 10 heteroatoms. The van der Waals surface area contributed by atoms with Gasteiger partial charge in [0.05, 0.1) is 23.1 Å². The zero-order valence-corrected chi connectivity index (χ0v) is 17.0. The molecule has 2 aromatic carbocycles. The van der Waals surface area contributed by atoms with Crippen LogP contribution in [-0.2, 0) is 6.18 Å². The molecule has 0 bridgehead atoms. The van der Waals surface area contributed by atoms with Crippen molar-refractivity contribution in [1.29, 1.82) is 0 Å². The maximum Gasteiger partial charge on any atom is 0.416 e. The van der Waals surface area contributed by atoms with Crippen LogP contribution in [-0.4, -0.2) is 25.7 Å². The van der Waals surface area contributed by atoms with Crippen molar-refractivity contribution >= 4 is 33.8 Å². The van der Waals surface area contributed by atoms with Crippen molar-refractivity contribution in [3.8, 4) is 16.8 Å². The van der Waals surface area contributed by atoms with Crippen LogP contribution in [0.1, 0.15) is 15.4 Å². The number of carbonyl (C=O) groups is 1. The molecule has 3 aromatic heterocycles. The summed E-state index contributed by atoms with van der Waals surface area (Å²) in [4.78, 5) is 19.5. The topological polar surface area (TPSA) is 75.6 Å². The van der Waals surface area contributed by atoms with Crippen LogP contribution in [0.5, 0.6) is 0 Å². The molecule has 0 saturated carbocycles. The second-order valence-corrected chi connectivity index (χ2v) is 7.87. The van der Waals surface area contributed by atoms with E-state index in [2.05, 4.69) is 20.4 Å². The van der Waals surface area contributed by atoms with Crippen LogP contribution >= 0.6 is 11.3 Å². The fourth-order valence-electron chi connectivity index (χ4n) is 3.33. The van der Waals surface area contributed by atoms with Crippen LogP contribution in [0.4, 0.5) is 18.9 Å². The van der Waals surface area contributed by atoms with Crippen molar-refractivity contribution in [2.75, 3.05) is 5.32 Å². The Morgan fingerprint density at radius 2 is 1.91 bits per heavy atom. The average Bonchev–Trinajstić information content (AvgIpc) is 3.54. The first-order valence-corrected chi connectivity index (χ1v) is 10.3. The van der Waals surface area contributed by atoms with Crippen molar-refractivity contribution in [2.45, 2.75) is 6.18 Å². The number of nitrogens with one attached hydrogen (secondary N) is 2. The number of rotatable bonds is 4. The SMILES string of the molecule is O=C(Nc1c[nH]c2ccc(-c3cnn(-c4ccc(C(F)(F)F)cc4)c3)cc12)c1nccs1. The summed E-state index contributed by atoms with van der Waals surface area (Å²) in [5.74, 6) is -0.290. The number of nitrogens with zero attached hydrogens (tertiary/aromatic N) is 3. The van der Waals surface area contributed by atoms with Crippen LogP contribution < -0.4 is 5.32 Å². The highest BCUT2D eigenvalue weighted by molar-refractivity contribution is 7.11. The number of benzene rings is 2. The van der Waals surface area contributed by atoms with E-state index in [-0.39, 0.29) is 5.91 Å². The van der Waals surface area contributed by atoms with Crippen LogP contribution in [0, 0.1) is 0 Å². The fourth-order valence-corrected chi connectivity index (χ4v) is 3.86. The number of fused-ring (bicyclic) bond motifs is 1. The summed E-state index contributed by atoms with van der Waals surface area (Å²) in [7, 11) is 0. The Morgan fingerprint density at radius 3 is 2.62 bits per heavy atom. The van der Waals surface area contributed by atoms with Gasteiger partial charge in [0.15, 0.2) is 5.01 Å². The van der Waals surface area contributed by atoms with Gasteiger partial charge in [0, 0.05) is 40.4 Å². The van der Waals surface area contributed by atoms with E-state index in [9.17, 15) is 18.0 Å². The Bertz CT molecular complexity index is 1400. The van der Waals surface area contributed by atoms with Crippen molar-refractivity contribution < 1.29 is 18.0 Å². The second-order valence-electron chi connectivity index (χ2n) is 6.97. The van der Waals surface area contributed by atoms with Gasteiger partial charge in [-0.05, 0) is 42.0 Å². The van der Waals surface area contributed by atoms with Crippen molar-refractivity contribution in [1.82, 2.24) is 19.7 Å². The molecule has 0 saturated heterocycles. The molecule has 32 heavy (non-hydrogen) atoms. The number of carbonyl (C=O) groups excluding carboxylic acids is 1. The number of amides is 1. The Balaban J connectivity index is 1.43. The van der Waals surface area contributed by atoms with Gasteiger partial charge in [0.2, 0.25) is 0 Å². The van der Waals surface area contributed by atoms with Gasteiger partial charge in [0.25, 0.3) is 5.91 Å². The first-order valence-electron chi connectivity index (χ1n) is 9.43. The van der Waals surface area contributed by atoms with Gasteiger partial charge < -0.3 is 10.3 Å². The first-order chi connectivity index (χ1) is 15.4. The van der Waals surface area contributed by atoms with E-state index < -0.39 is 11.7 Å². The third-order valence-corrected chi connectivity index (χ3v) is 5.70. The molecule has 5 rings (SSSR count). The summed E-state index contributed by atoms with van der Waals surface area (Å²) in [6.07, 6.45) is 2.28. The van der Waals surface area contributed by atoms with Gasteiger partial charge in [0.1, 0.15) is 0 Å². The zero-order valence-electron chi connectivity index (χ0n) is 16.2. The minimum absolute atomic E-state index is 0.290. The van der Waals surface area contributed by atoms with E-state index in [4.69, 9.17) is 0 Å². The molecule has 0 atom stereocenters. The number of hydrogen-bond acceptors (Lipinski definition) is 4. The van der Waals surface area contributed by atoms with E-state index >= 15 is 0 Å². The molecule has 5 aromatic rings. The third kappa shape index (κ3) is 3.76. The summed E-state index contributed by atoms with van der Waals surface area (Å²) < 4.78 is 39.9. The third-order valence-electron chi connectivity index (χ3n) is 4.93. The fraction of sp³-hybridized carbons (Fsp3) is 0.0455. The standard InChI is InChI=1S/C22H14F3N5OS/c23-22(24,25)15-2-4-16(5-3-15)30-12-14(10-28-30)13-1-6-18-17(9-13)19(11-27-18)29-20(31)21-26-7-8-32-21/h1-12,27H,(H,29,31). The molecule has 2 N–H and O–H groups in total. The normalized spacial score (nSPS) is 11.7. The van der Waals surface area contributed by atoms with E-state index in [1.807, 2.05) is 18.2 Å². The maximum atomic E-state index is 12.8. The highest BCUT2D eigenvalue weighted by atomic mass is 32.1. The molecule has 0 fully saturated rings. The molecule has 0 aliphatic rings. The minimum Gasteiger partial charge on any atom is -0.359 e. The summed E-state index contributed by atoms with van der Waals surface area (Å²) in [5.41, 5.74) is 2.91. The van der Waals surface area contributed by atoms with Crippen molar-refractivity contribution in [3.63, 3.8) is 0 Å². The van der Waals surface area contributed by atoms with Crippen molar-refractivity contribution in [2.24, 2.45) is 0 Å². The highest BCUT2D eigenvalue weighted by Crippen LogP contribution is 2.31. The second kappa shape index (κ2) is 7.65. The predicted molar refractivity (Wildman–Crippen MR) is 116 cm³/mol. The van der Waals surface area contributed by atoms with Gasteiger partial charge >= 0.3 is 6.18 Å². The first kappa shape index (κ1) is 20.0. The van der Waals surface area contributed by atoms with Gasteiger partial charge in [-0.1, -0.05) is 6.07 Å². The van der Waals surface area contributed by atoms with Crippen molar-refractivity contribution in [3.05, 3.63) is 83.2 Å². The molecule has 160 valence electrons. The molecule has 0 unspecified atom stereocenters. The molecule has 0 radical (unpaired) electrons. The van der Waals surface area contributed by atoms with E-state index in [1.54, 1.807) is 30.2 Å². The lowest BCUT2D eigenvalue weighted by Gasteiger charge is -2.07.